The normalized spacial score (nSPS) is 12.2. The van der Waals surface area contributed by atoms with E-state index >= 15 is 0 Å². The van der Waals surface area contributed by atoms with Crippen molar-refractivity contribution in [3.8, 4) is 0 Å². The SMILES string of the molecule is Cc1nn(C)cc1[C@H](C)NC(=O)c1ccc(Cl)c(N)c1Cl. The Kier molecular flexibility index (Phi) is 4.44. The summed E-state index contributed by atoms with van der Waals surface area (Å²) in [6.07, 6.45) is 1.87. The van der Waals surface area contributed by atoms with Gasteiger partial charge in [0.15, 0.2) is 0 Å². The van der Waals surface area contributed by atoms with Gasteiger partial charge in [-0.15, -0.1) is 0 Å². The van der Waals surface area contributed by atoms with E-state index in [9.17, 15) is 4.79 Å². The van der Waals surface area contributed by atoms with Crippen LogP contribution >= 0.6 is 23.2 Å². The molecule has 3 N–H and O–H groups in total. The van der Waals surface area contributed by atoms with E-state index in [2.05, 4.69) is 10.4 Å². The molecular weight excluding hydrogens is 311 g/mol. The second kappa shape index (κ2) is 5.95. The van der Waals surface area contributed by atoms with Crippen molar-refractivity contribution in [3.63, 3.8) is 0 Å². The van der Waals surface area contributed by atoms with Gasteiger partial charge >= 0.3 is 0 Å². The first-order valence-electron chi connectivity index (χ1n) is 6.35. The van der Waals surface area contributed by atoms with Crippen molar-refractivity contribution in [2.24, 2.45) is 7.05 Å². The van der Waals surface area contributed by atoms with Crippen LogP contribution in [0.5, 0.6) is 0 Å². The van der Waals surface area contributed by atoms with E-state index in [1.165, 1.54) is 0 Å². The molecular formula is C14H16Cl2N4O. The fraction of sp³-hybridized carbons (Fsp3) is 0.286. The number of rotatable bonds is 3. The molecule has 1 atom stereocenters. The van der Waals surface area contributed by atoms with E-state index < -0.39 is 0 Å². The number of nitrogen functional groups attached to an aromatic ring is 1. The van der Waals surface area contributed by atoms with Gasteiger partial charge in [0.1, 0.15) is 0 Å². The number of carbonyl (C=O) groups is 1. The van der Waals surface area contributed by atoms with Gasteiger partial charge in [-0.2, -0.15) is 5.10 Å². The van der Waals surface area contributed by atoms with Crippen molar-refractivity contribution in [1.82, 2.24) is 15.1 Å². The Balaban J connectivity index is 2.22. The topological polar surface area (TPSA) is 72.9 Å². The molecule has 1 aromatic heterocycles. The molecule has 2 aromatic rings. The summed E-state index contributed by atoms with van der Waals surface area (Å²) in [5, 5.41) is 7.62. The van der Waals surface area contributed by atoms with Crippen LogP contribution in [0.4, 0.5) is 5.69 Å². The predicted octanol–water partition coefficient (Wildman–Crippen LogP) is 3.11. The highest BCUT2D eigenvalue weighted by Crippen LogP contribution is 2.30. The van der Waals surface area contributed by atoms with Gasteiger partial charge in [0.2, 0.25) is 0 Å². The summed E-state index contributed by atoms with van der Waals surface area (Å²) in [4.78, 5) is 12.3. The summed E-state index contributed by atoms with van der Waals surface area (Å²) in [6.45, 7) is 3.78. The quantitative estimate of drug-likeness (QED) is 0.851. The van der Waals surface area contributed by atoms with Crippen LogP contribution in [0.3, 0.4) is 0 Å². The van der Waals surface area contributed by atoms with E-state index in [-0.39, 0.29) is 22.7 Å². The van der Waals surface area contributed by atoms with E-state index in [4.69, 9.17) is 28.9 Å². The highest BCUT2D eigenvalue weighted by Gasteiger charge is 2.19. The van der Waals surface area contributed by atoms with Crippen LogP contribution in [0.1, 0.15) is 34.6 Å². The van der Waals surface area contributed by atoms with Gasteiger partial charge in [0, 0.05) is 18.8 Å². The Morgan fingerprint density at radius 1 is 1.43 bits per heavy atom. The summed E-state index contributed by atoms with van der Waals surface area (Å²) in [7, 11) is 1.84. The third-order valence-electron chi connectivity index (χ3n) is 3.24. The molecule has 7 heteroatoms. The number of anilines is 1. The Morgan fingerprint density at radius 2 is 2.10 bits per heavy atom. The molecule has 2 rings (SSSR count). The molecule has 112 valence electrons. The lowest BCUT2D eigenvalue weighted by atomic mass is 10.1. The van der Waals surface area contributed by atoms with Gasteiger partial charge in [-0.1, -0.05) is 23.2 Å². The maximum absolute atomic E-state index is 12.3. The Labute approximate surface area is 133 Å². The molecule has 0 radical (unpaired) electrons. The van der Waals surface area contributed by atoms with E-state index in [1.54, 1.807) is 16.8 Å². The van der Waals surface area contributed by atoms with Crippen molar-refractivity contribution < 1.29 is 4.79 Å². The summed E-state index contributed by atoms with van der Waals surface area (Å²) < 4.78 is 1.71. The molecule has 0 fully saturated rings. The molecule has 1 aromatic carbocycles. The lowest BCUT2D eigenvalue weighted by Crippen LogP contribution is -2.27. The van der Waals surface area contributed by atoms with Crippen LogP contribution in [-0.2, 0) is 7.05 Å². The number of halogens is 2. The van der Waals surface area contributed by atoms with Crippen LogP contribution in [0, 0.1) is 6.92 Å². The van der Waals surface area contributed by atoms with Gasteiger partial charge in [0.25, 0.3) is 5.91 Å². The van der Waals surface area contributed by atoms with Crippen molar-refractivity contribution in [3.05, 3.63) is 45.2 Å². The Hall–Kier alpha value is -1.72. The molecule has 0 saturated carbocycles. The third kappa shape index (κ3) is 3.14. The maximum Gasteiger partial charge on any atom is 0.253 e. The average molecular weight is 327 g/mol. The minimum Gasteiger partial charge on any atom is -0.396 e. The van der Waals surface area contributed by atoms with Crippen molar-refractivity contribution in [1.29, 1.82) is 0 Å². The average Bonchev–Trinajstić information content (AvgIpc) is 2.75. The number of aromatic nitrogens is 2. The molecule has 0 aliphatic rings. The smallest absolute Gasteiger partial charge is 0.253 e. The van der Waals surface area contributed by atoms with E-state index in [0.717, 1.165) is 11.3 Å². The lowest BCUT2D eigenvalue weighted by molar-refractivity contribution is 0.0940. The second-order valence-corrected chi connectivity index (χ2v) is 5.65. The van der Waals surface area contributed by atoms with E-state index in [0.29, 0.717) is 10.6 Å². The first kappa shape index (κ1) is 15.7. The molecule has 1 heterocycles. The van der Waals surface area contributed by atoms with Crippen LogP contribution < -0.4 is 11.1 Å². The molecule has 5 nitrogen and oxygen atoms in total. The van der Waals surface area contributed by atoms with Crippen molar-refractivity contribution >= 4 is 34.8 Å². The van der Waals surface area contributed by atoms with Gasteiger partial charge in [0.05, 0.1) is 33.0 Å². The third-order valence-corrected chi connectivity index (χ3v) is 3.97. The fourth-order valence-corrected chi connectivity index (χ4v) is 2.60. The zero-order valence-corrected chi connectivity index (χ0v) is 13.5. The first-order valence-corrected chi connectivity index (χ1v) is 7.11. The number of nitrogens with two attached hydrogens (primary N) is 1. The Bertz CT molecular complexity index is 697. The number of amides is 1. The summed E-state index contributed by atoms with van der Waals surface area (Å²) in [5.74, 6) is -0.306. The lowest BCUT2D eigenvalue weighted by Gasteiger charge is -2.15. The number of hydrogen-bond donors (Lipinski definition) is 2. The monoisotopic (exact) mass is 326 g/mol. The number of benzene rings is 1. The molecule has 0 spiro atoms. The highest BCUT2D eigenvalue weighted by atomic mass is 35.5. The molecule has 0 saturated heterocycles. The molecule has 0 aliphatic heterocycles. The van der Waals surface area contributed by atoms with Crippen LogP contribution in [0.15, 0.2) is 18.3 Å². The second-order valence-electron chi connectivity index (χ2n) is 4.86. The Morgan fingerprint density at radius 3 is 2.67 bits per heavy atom. The van der Waals surface area contributed by atoms with Gasteiger partial charge in [-0.25, -0.2) is 0 Å². The fourth-order valence-electron chi connectivity index (χ4n) is 2.14. The number of nitrogens with one attached hydrogen (secondary N) is 1. The van der Waals surface area contributed by atoms with Gasteiger partial charge in [-0.05, 0) is 26.0 Å². The predicted molar refractivity (Wildman–Crippen MR) is 84.7 cm³/mol. The summed E-state index contributed by atoms with van der Waals surface area (Å²) >= 11 is 11.9. The highest BCUT2D eigenvalue weighted by molar-refractivity contribution is 6.40. The number of nitrogens with zero attached hydrogens (tertiary/aromatic N) is 2. The largest absolute Gasteiger partial charge is 0.396 e. The van der Waals surface area contributed by atoms with Crippen molar-refractivity contribution in [2.45, 2.75) is 19.9 Å². The standard InChI is InChI=1S/C14H16Cl2N4O/c1-7(10-6-20(3)19-8(10)2)18-14(21)9-4-5-11(15)13(17)12(9)16/h4-7H,17H2,1-3H3,(H,18,21)/t7-/m0/s1. The summed E-state index contributed by atoms with van der Waals surface area (Å²) in [6, 6.07) is 2.91. The van der Waals surface area contributed by atoms with Gasteiger partial charge in [-0.3, -0.25) is 9.48 Å². The zero-order valence-electron chi connectivity index (χ0n) is 11.9. The van der Waals surface area contributed by atoms with Crippen LogP contribution in [0.25, 0.3) is 0 Å². The minimum absolute atomic E-state index is 0.162. The van der Waals surface area contributed by atoms with Gasteiger partial charge < -0.3 is 11.1 Å². The zero-order chi connectivity index (χ0) is 15.7. The molecule has 0 bridgehead atoms. The first-order chi connectivity index (χ1) is 9.81. The minimum atomic E-state index is -0.306. The van der Waals surface area contributed by atoms with Crippen LogP contribution in [-0.4, -0.2) is 15.7 Å². The van der Waals surface area contributed by atoms with E-state index in [1.807, 2.05) is 27.1 Å². The van der Waals surface area contributed by atoms with Crippen molar-refractivity contribution in [2.75, 3.05) is 5.73 Å². The molecule has 21 heavy (non-hydrogen) atoms. The maximum atomic E-state index is 12.3. The number of hydrogen-bond acceptors (Lipinski definition) is 3. The van der Waals surface area contributed by atoms with Crippen LogP contribution in [0.2, 0.25) is 10.0 Å². The molecule has 0 aliphatic carbocycles. The number of carbonyl (C=O) groups excluding carboxylic acids is 1. The number of aryl methyl sites for hydroxylation is 2. The molecule has 0 unspecified atom stereocenters. The summed E-state index contributed by atoms with van der Waals surface area (Å²) in [5.41, 5.74) is 8.05. The molecule has 1 amide bonds.